The number of rotatable bonds is 4. The summed E-state index contributed by atoms with van der Waals surface area (Å²) in [4.78, 5) is 13.6. The van der Waals surface area contributed by atoms with E-state index in [1.165, 1.54) is 0 Å². The summed E-state index contributed by atoms with van der Waals surface area (Å²) in [6.45, 7) is 2.01. The molecule has 0 unspecified atom stereocenters. The first-order valence-corrected chi connectivity index (χ1v) is 9.29. The van der Waals surface area contributed by atoms with E-state index in [1.54, 1.807) is 18.0 Å². The van der Waals surface area contributed by atoms with E-state index >= 15 is 0 Å². The Bertz CT molecular complexity index is 827. The van der Waals surface area contributed by atoms with Gasteiger partial charge in [0.15, 0.2) is 10.8 Å². The van der Waals surface area contributed by atoms with E-state index in [0.29, 0.717) is 5.88 Å². The van der Waals surface area contributed by atoms with Crippen LogP contribution in [0, 0.1) is 0 Å². The van der Waals surface area contributed by atoms with Crippen LogP contribution < -0.4 is 10.1 Å². The van der Waals surface area contributed by atoms with Gasteiger partial charge in [0.1, 0.15) is 11.6 Å². The van der Waals surface area contributed by atoms with Crippen molar-refractivity contribution in [3.8, 4) is 11.6 Å². The van der Waals surface area contributed by atoms with Crippen LogP contribution in [0.2, 0.25) is 0 Å². The highest BCUT2D eigenvalue weighted by Gasteiger charge is 2.16. The highest BCUT2D eigenvalue weighted by molar-refractivity contribution is 7.98. The van der Waals surface area contributed by atoms with Crippen molar-refractivity contribution in [2.24, 2.45) is 0 Å². The molecule has 3 aromatic heterocycles. The Balaban J connectivity index is 1.63. The molecule has 0 spiro atoms. The molecule has 7 heteroatoms. The molecule has 0 aliphatic carbocycles. The predicted octanol–water partition coefficient (Wildman–Crippen LogP) is 2.67. The third-order valence-corrected chi connectivity index (χ3v) is 4.76. The largest absolute Gasteiger partial charge is 0.474 e. The second-order valence-corrected chi connectivity index (χ2v) is 6.48. The maximum absolute atomic E-state index is 5.97. The van der Waals surface area contributed by atoms with E-state index in [1.807, 2.05) is 41.3 Å². The van der Waals surface area contributed by atoms with Gasteiger partial charge in [0.05, 0.1) is 11.9 Å². The molecule has 0 saturated carbocycles. The zero-order chi connectivity index (χ0) is 16.4. The van der Waals surface area contributed by atoms with Crippen LogP contribution in [0.15, 0.2) is 41.8 Å². The lowest BCUT2D eigenvalue weighted by atomic mass is 10.1. The molecule has 0 atom stereocenters. The molecule has 4 rings (SSSR count). The van der Waals surface area contributed by atoms with Crippen LogP contribution in [0.4, 0.5) is 0 Å². The van der Waals surface area contributed by atoms with E-state index in [-0.39, 0.29) is 6.10 Å². The predicted molar refractivity (Wildman–Crippen MR) is 95.0 cm³/mol. The van der Waals surface area contributed by atoms with Crippen molar-refractivity contribution >= 4 is 22.9 Å². The van der Waals surface area contributed by atoms with Crippen molar-refractivity contribution in [1.29, 1.82) is 0 Å². The van der Waals surface area contributed by atoms with Crippen LogP contribution in [0.3, 0.4) is 0 Å². The summed E-state index contributed by atoms with van der Waals surface area (Å²) >= 11 is 1.59. The number of nitrogens with zero attached hydrogens (tertiary/aromatic N) is 4. The quantitative estimate of drug-likeness (QED) is 0.736. The van der Waals surface area contributed by atoms with Gasteiger partial charge in [-0.2, -0.15) is 0 Å². The van der Waals surface area contributed by atoms with Crippen LogP contribution >= 0.6 is 11.8 Å². The molecule has 1 aliphatic rings. The van der Waals surface area contributed by atoms with Crippen LogP contribution in [0.1, 0.15) is 12.8 Å². The van der Waals surface area contributed by atoms with E-state index in [9.17, 15) is 0 Å². The van der Waals surface area contributed by atoms with Crippen molar-refractivity contribution in [3.63, 3.8) is 0 Å². The van der Waals surface area contributed by atoms with E-state index in [4.69, 9.17) is 4.74 Å². The van der Waals surface area contributed by atoms with Crippen molar-refractivity contribution in [3.05, 3.63) is 36.7 Å². The molecule has 4 heterocycles. The smallest absolute Gasteiger partial charge is 0.213 e. The minimum absolute atomic E-state index is 0.252. The Labute approximate surface area is 144 Å². The Morgan fingerprint density at radius 3 is 2.83 bits per heavy atom. The summed E-state index contributed by atoms with van der Waals surface area (Å²) in [5, 5.41) is 4.24. The summed E-state index contributed by atoms with van der Waals surface area (Å²) < 4.78 is 8.00. The zero-order valence-electron chi connectivity index (χ0n) is 13.5. The minimum Gasteiger partial charge on any atom is -0.474 e. The molecular weight excluding hydrogens is 322 g/mol. The maximum Gasteiger partial charge on any atom is 0.213 e. The maximum atomic E-state index is 5.97. The SMILES string of the molecule is CSc1nc2cccnc2n1-c1ccc(OC2CCNCC2)nc1. The molecule has 1 N–H and O–H groups in total. The summed E-state index contributed by atoms with van der Waals surface area (Å²) in [6.07, 6.45) is 7.92. The third kappa shape index (κ3) is 2.97. The zero-order valence-corrected chi connectivity index (χ0v) is 14.3. The number of piperidine rings is 1. The van der Waals surface area contributed by atoms with E-state index in [2.05, 4.69) is 20.3 Å². The van der Waals surface area contributed by atoms with Gasteiger partial charge >= 0.3 is 0 Å². The molecule has 0 amide bonds. The minimum atomic E-state index is 0.252. The van der Waals surface area contributed by atoms with Gasteiger partial charge in [-0.1, -0.05) is 11.8 Å². The van der Waals surface area contributed by atoms with Crippen molar-refractivity contribution in [2.45, 2.75) is 24.1 Å². The molecule has 0 bridgehead atoms. The topological polar surface area (TPSA) is 64.9 Å². The standard InChI is InChI=1S/C17H19N5OS/c1-24-17-21-14-3-2-8-19-16(14)22(17)12-4-5-15(20-11-12)23-13-6-9-18-10-7-13/h2-5,8,11,13,18H,6-7,9-10H2,1H3. The molecule has 0 aromatic carbocycles. The lowest BCUT2D eigenvalue weighted by molar-refractivity contribution is 0.156. The first kappa shape index (κ1) is 15.4. The number of hydrogen-bond donors (Lipinski definition) is 1. The van der Waals surface area contributed by atoms with Crippen LogP contribution in [0.5, 0.6) is 5.88 Å². The van der Waals surface area contributed by atoms with Crippen LogP contribution in [-0.4, -0.2) is 45.0 Å². The van der Waals surface area contributed by atoms with Gasteiger partial charge in [-0.05, 0) is 50.4 Å². The average molecular weight is 341 g/mol. The third-order valence-electron chi connectivity index (χ3n) is 4.12. The molecule has 0 radical (unpaired) electrons. The molecule has 1 aliphatic heterocycles. The number of nitrogens with one attached hydrogen (secondary N) is 1. The molecule has 24 heavy (non-hydrogen) atoms. The van der Waals surface area contributed by atoms with Gasteiger partial charge in [-0.3, -0.25) is 4.57 Å². The average Bonchev–Trinajstić information content (AvgIpc) is 3.02. The van der Waals surface area contributed by atoms with E-state index < -0.39 is 0 Å². The highest BCUT2D eigenvalue weighted by Crippen LogP contribution is 2.26. The first-order chi connectivity index (χ1) is 11.8. The van der Waals surface area contributed by atoms with Gasteiger partial charge in [0, 0.05) is 12.3 Å². The van der Waals surface area contributed by atoms with Crippen molar-refractivity contribution in [1.82, 2.24) is 24.8 Å². The lowest BCUT2D eigenvalue weighted by Crippen LogP contribution is -2.34. The summed E-state index contributed by atoms with van der Waals surface area (Å²) in [7, 11) is 0. The Kier molecular flexibility index (Phi) is 4.36. The Morgan fingerprint density at radius 2 is 2.08 bits per heavy atom. The number of imidazole rings is 1. The highest BCUT2D eigenvalue weighted by atomic mass is 32.2. The van der Waals surface area contributed by atoms with Crippen molar-refractivity contribution in [2.75, 3.05) is 19.3 Å². The number of ether oxygens (including phenoxy) is 1. The second-order valence-electron chi connectivity index (χ2n) is 5.70. The van der Waals surface area contributed by atoms with Crippen LogP contribution in [0.25, 0.3) is 16.9 Å². The monoisotopic (exact) mass is 341 g/mol. The molecule has 1 saturated heterocycles. The van der Waals surface area contributed by atoms with Crippen LogP contribution in [-0.2, 0) is 0 Å². The van der Waals surface area contributed by atoms with Crippen molar-refractivity contribution < 1.29 is 4.74 Å². The molecule has 3 aromatic rings. The number of thioether (sulfide) groups is 1. The first-order valence-electron chi connectivity index (χ1n) is 8.06. The molecule has 1 fully saturated rings. The Morgan fingerprint density at radius 1 is 1.21 bits per heavy atom. The normalized spacial score (nSPS) is 15.7. The molecule has 6 nitrogen and oxygen atoms in total. The Hall–Kier alpha value is -2.12. The fourth-order valence-electron chi connectivity index (χ4n) is 2.92. The summed E-state index contributed by atoms with van der Waals surface area (Å²) in [6, 6.07) is 7.81. The van der Waals surface area contributed by atoms with E-state index in [0.717, 1.165) is 47.9 Å². The number of fused-ring (bicyclic) bond motifs is 1. The van der Waals surface area contributed by atoms with Gasteiger partial charge < -0.3 is 10.1 Å². The number of hydrogen-bond acceptors (Lipinski definition) is 6. The lowest BCUT2D eigenvalue weighted by Gasteiger charge is -2.23. The van der Waals surface area contributed by atoms with Gasteiger partial charge in [-0.25, -0.2) is 15.0 Å². The van der Waals surface area contributed by atoms with Gasteiger partial charge in [0.25, 0.3) is 0 Å². The molecule has 124 valence electrons. The fraction of sp³-hybridized carbons (Fsp3) is 0.353. The van der Waals surface area contributed by atoms with Gasteiger partial charge in [0.2, 0.25) is 5.88 Å². The summed E-state index contributed by atoms with van der Waals surface area (Å²) in [5.41, 5.74) is 2.67. The second kappa shape index (κ2) is 6.78. The number of pyridine rings is 2. The number of aromatic nitrogens is 4. The summed E-state index contributed by atoms with van der Waals surface area (Å²) in [5.74, 6) is 0.675. The fourth-order valence-corrected chi connectivity index (χ4v) is 3.48. The molecular formula is C17H19N5OS. The van der Waals surface area contributed by atoms with Gasteiger partial charge in [-0.15, -0.1) is 0 Å².